The minimum atomic E-state index is -1.08. The van der Waals surface area contributed by atoms with Crippen molar-refractivity contribution in [1.29, 1.82) is 0 Å². The fourth-order valence-electron chi connectivity index (χ4n) is 1.43. The maximum absolute atomic E-state index is 2.39. The average molecular weight is 288 g/mol. The van der Waals surface area contributed by atoms with E-state index in [1.807, 2.05) is 0 Å². The Bertz CT molecular complexity index is 103. The summed E-state index contributed by atoms with van der Waals surface area (Å²) in [7, 11) is 8.74. The van der Waals surface area contributed by atoms with Crippen LogP contribution in [0.2, 0.25) is 12.5 Å². The molecule has 0 aliphatic rings. The SMILES string of the molecule is C[CH2][In]([CH2]CN(C)C)[CH2]CN(C)C. The zero-order valence-corrected chi connectivity index (χ0v) is 13.3. The molecule has 13 heavy (non-hydrogen) atoms. The molecule has 0 aromatic carbocycles. The molecule has 2 nitrogen and oxygen atoms in total. The van der Waals surface area contributed by atoms with Gasteiger partial charge in [0.05, 0.1) is 0 Å². The molecule has 0 radical (unpaired) electrons. The topological polar surface area (TPSA) is 6.48 Å². The molecule has 0 saturated carbocycles. The van der Waals surface area contributed by atoms with E-state index in [2.05, 4.69) is 44.9 Å². The van der Waals surface area contributed by atoms with Crippen LogP contribution < -0.4 is 0 Å². The summed E-state index contributed by atoms with van der Waals surface area (Å²) in [6, 6.07) is 0. The van der Waals surface area contributed by atoms with E-state index in [9.17, 15) is 0 Å². The first kappa shape index (κ1) is 13.8. The third-order valence-electron chi connectivity index (χ3n) is 2.55. The van der Waals surface area contributed by atoms with Crippen LogP contribution in [0.15, 0.2) is 0 Å². The van der Waals surface area contributed by atoms with Gasteiger partial charge in [-0.25, -0.2) is 0 Å². The van der Waals surface area contributed by atoms with Crippen molar-refractivity contribution in [2.75, 3.05) is 41.3 Å². The van der Waals surface area contributed by atoms with E-state index in [0.29, 0.717) is 0 Å². The third-order valence-corrected chi connectivity index (χ3v) is 12.0. The zero-order valence-electron chi connectivity index (χ0n) is 10.0. The molecule has 0 atom stereocenters. The van der Waals surface area contributed by atoms with Crippen LogP contribution in [0, 0.1) is 0 Å². The Labute approximate surface area is 91.8 Å². The van der Waals surface area contributed by atoms with Crippen molar-refractivity contribution in [2.45, 2.75) is 19.5 Å². The molecule has 3 heteroatoms. The second-order valence-corrected chi connectivity index (χ2v) is 15.0. The van der Waals surface area contributed by atoms with Crippen molar-refractivity contribution >= 4 is 21.4 Å². The number of hydrogen-bond donors (Lipinski definition) is 0. The summed E-state index contributed by atoms with van der Waals surface area (Å²) in [5.41, 5.74) is 0. The van der Waals surface area contributed by atoms with Gasteiger partial charge in [0, 0.05) is 0 Å². The number of nitrogens with zero attached hydrogens (tertiary/aromatic N) is 2. The fraction of sp³-hybridized carbons (Fsp3) is 1.00. The van der Waals surface area contributed by atoms with Gasteiger partial charge in [-0.05, 0) is 0 Å². The summed E-state index contributed by atoms with van der Waals surface area (Å²) in [6.45, 7) is 5.04. The van der Waals surface area contributed by atoms with Crippen molar-refractivity contribution in [3.8, 4) is 0 Å². The Balaban J connectivity index is 3.51. The molecule has 0 aliphatic carbocycles. The fourth-order valence-corrected chi connectivity index (χ4v) is 9.62. The molecule has 0 fully saturated rings. The third kappa shape index (κ3) is 9.10. The van der Waals surface area contributed by atoms with Crippen molar-refractivity contribution in [2.24, 2.45) is 0 Å². The van der Waals surface area contributed by atoms with Gasteiger partial charge in [0.25, 0.3) is 0 Å². The molecule has 0 saturated heterocycles. The van der Waals surface area contributed by atoms with Crippen LogP contribution in [0.4, 0.5) is 0 Å². The molecular weight excluding hydrogens is 263 g/mol. The molecule has 0 heterocycles. The van der Waals surface area contributed by atoms with Gasteiger partial charge in [0.2, 0.25) is 0 Å². The van der Waals surface area contributed by atoms with E-state index in [-0.39, 0.29) is 0 Å². The van der Waals surface area contributed by atoms with E-state index >= 15 is 0 Å². The van der Waals surface area contributed by atoms with Crippen molar-refractivity contribution in [3.63, 3.8) is 0 Å². The predicted octanol–water partition coefficient (Wildman–Crippen LogP) is 1.62. The zero-order chi connectivity index (χ0) is 10.3. The van der Waals surface area contributed by atoms with Gasteiger partial charge in [-0.15, -0.1) is 0 Å². The van der Waals surface area contributed by atoms with Crippen molar-refractivity contribution in [1.82, 2.24) is 9.80 Å². The Morgan fingerprint density at radius 1 is 0.846 bits per heavy atom. The summed E-state index contributed by atoms with van der Waals surface area (Å²) in [5, 5.41) is 0. The van der Waals surface area contributed by atoms with Gasteiger partial charge in [0.15, 0.2) is 0 Å². The Hall–Kier alpha value is 0.790. The molecule has 78 valence electrons. The Morgan fingerprint density at radius 3 is 1.46 bits per heavy atom. The summed E-state index contributed by atoms with van der Waals surface area (Å²) in [5.74, 6) is 0. The molecule has 0 aromatic heterocycles. The van der Waals surface area contributed by atoms with Crippen LogP contribution >= 0.6 is 0 Å². The quantitative estimate of drug-likeness (QED) is 0.702. The maximum atomic E-state index is 2.39. The van der Waals surface area contributed by atoms with Gasteiger partial charge in [0.1, 0.15) is 0 Å². The van der Waals surface area contributed by atoms with Crippen LogP contribution in [0.3, 0.4) is 0 Å². The molecular formula is C10H25InN2. The standard InChI is InChI=1S/2C4H10N.C2H5.In/c2*1-4-5(2)3;1-2;/h2*1,4H2,2-3H3;1H2,2H3;. The van der Waals surface area contributed by atoms with Crippen LogP contribution in [-0.4, -0.2) is 72.5 Å². The van der Waals surface area contributed by atoms with Crippen molar-refractivity contribution in [3.05, 3.63) is 0 Å². The van der Waals surface area contributed by atoms with Crippen LogP contribution in [0.5, 0.6) is 0 Å². The van der Waals surface area contributed by atoms with Gasteiger partial charge < -0.3 is 0 Å². The van der Waals surface area contributed by atoms with Crippen LogP contribution in [0.1, 0.15) is 6.92 Å². The first-order valence-corrected chi connectivity index (χ1v) is 12.3. The first-order chi connectivity index (χ1) is 6.06. The summed E-state index contributed by atoms with van der Waals surface area (Å²) in [6.07, 6.45) is 0. The molecule has 0 aliphatic heterocycles. The monoisotopic (exact) mass is 288 g/mol. The molecule has 0 spiro atoms. The second-order valence-electron chi connectivity index (χ2n) is 4.46. The van der Waals surface area contributed by atoms with Gasteiger partial charge in [-0.1, -0.05) is 0 Å². The molecule has 0 unspecified atom stereocenters. The van der Waals surface area contributed by atoms with E-state index < -0.39 is 21.4 Å². The minimum absolute atomic E-state index is 1.08. The van der Waals surface area contributed by atoms with Crippen LogP contribution in [0.25, 0.3) is 0 Å². The Morgan fingerprint density at radius 2 is 1.23 bits per heavy atom. The first-order valence-electron chi connectivity index (χ1n) is 5.35. The van der Waals surface area contributed by atoms with E-state index in [1.54, 1.807) is 8.35 Å². The van der Waals surface area contributed by atoms with Crippen molar-refractivity contribution < 1.29 is 0 Å². The molecule has 0 bridgehead atoms. The average Bonchev–Trinajstić information content (AvgIpc) is 2.04. The summed E-state index contributed by atoms with van der Waals surface area (Å²) in [4.78, 5) is 4.66. The van der Waals surface area contributed by atoms with E-state index in [0.717, 1.165) is 0 Å². The second kappa shape index (κ2) is 8.13. The predicted molar refractivity (Wildman–Crippen MR) is 63.0 cm³/mol. The van der Waals surface area contributed by atoms with Gasteiger partial charge >= 0.3 is 92.0 Å². The van der Waals surface area contributed by atoms with Crippen LogP contribution in [-0.2, 0) is 0 Å². The molecule has 0 amide bonds. The summed E-state index contributed by atoms with van der Waals surface area (Å²) < 4.78 is 4.64. The van der Waals surface area contributed by atoms with Gasteiger partial charge in [-0.2, -0.15) is 0 Å². The molecule has 0 N–H and O–H groups in total. The summed E-state index contributed by atoms with van der Waals surface area (Å²) >= 11 is -1.08. The van der Waals surface area contributed by atoms with E-state index in [4.69, 9.17) is 0 Å². The Kier molecular flexibility index (Phi) is 8.62. The van der Waals surface area contributed by atoms with E-state index in [1.165, 1.54) is 17.3 Å². The van der Waals surface area contributed by atoms with Gasteiger partial charge in [-0.3, -0.25) is 0 Å². The number of hydrogen-bond acceptors (Lipinski definition) is 2. The molecule has 0 rings (SSSR count). The normalized spacial score (nSPS) is 11.3. The number of rotatable bonds is 7. The molecule has 0 aromatic rings.